The number of anilines is 1. The Labute approximate surface area is 111 Å². The standard InChI is InChI=1S/C14H15ClN2O/c1-14(8-18-9-14)7-17-12-5-4-11(15)10-3-2-6-16-13(10)12/h2-6,17H,7-9H2,1H3. The second-order valence-electron chi connectivity index (χ2n) is 5.15. The maximum Gasteiger partial charge on any atom is 0.0948 e. The van der Waals surface area contributed by atoms with E-state index in [9.17, 15) is 0 Å². The Bertz CT molecular complexity index is 581. The number of ether oxygens (including phenoxy) is 1. The molecule has 0 aliphatic carbocycles. The van der Waals surface area contributed by atoms with Gasteiger partial charge in [0.1, 0.15) is 0 Å². The first kappa shape index (κ1) is 11.8. The Balaban J connectivity index is 1.90. The van der Waals surface area contributed by atoms with E-state index in [1.807, 2.05) is 24.3 Å². The molecule has 4 heteroatoms. The van der Waals surface area contributed by atoms with Crippen molar-refractivity contribution in [2.75, 3.05) is 25.1 Å². The first-order valence-electron chi connectivity index (χ1n) is 6.03. The minimum Gasteiger partial charge on any atom is -0.383 e. The molecule has 2 heterocycles. The van der Waals surface area contributed by atoms with Gasteiger partial charge in [-0.2, -0.15) is 0 Å². The summed E-state index contributed by atoms with van der Waals surface area (Å²) in [6.45, 7) is 4.74. The molecule has 3 nitrogen and oxygen atoms in total. The minimum absolute atomic E-state index is 0.237. The molecular formula is C14H15ClN2O. The first-order valence-corrected chi connectivity index (χ1v) is 6.41. The molecule has 0 atom stereocenters. The fraction of sp³-hybridized carbons (Fsp3) is 0.357. The van der Waals surface area contributed by atoms with Gasteiger partial charge in [-0.05, 0) is 24.3 Å². The summed E-state index contributed by atoms with van der Waals surface area (Å²) < 4.78 is 5.26. The summed E-state index contributed by atoms with van der Waals surface area (Å²) in [5, 5.41) is 5.18. The van der Waals surface area contributed by atoms with Gasteiger partial charge >= 0.3 is 0 Å². The number of halogens is 1. The second kappa shape index (κ2) is 4.41. The molecular weight excluding hydrogens is 248 g/mol. The van der Waals surface area contributed by atoms with Crippen molar-refractivity contribution in [1.29, 1.82) is 0 Å². The Morgan fingerprint density at radius 2 is 2.22 bits per heavy atom. The number of nitrogens with zero attached hydrogens (tertiary/aromatic N) is 1. The van der Waals surface area contributed by atoms with E-state index >= 15 is 0 Å². The molecule has 0 saturated carbocycles. The molecule has 2 aromatic rings. The van der Waals surface area contributed by atoms with E-state index in [4.69, 9.17) is 16.3 Å². The number of fused-ring (bicyclic) bond motifs is 1. The second-order valence-corrected chi connectivity index (χ2v) is 5.56. The lowest BCUT2D eigenvalue weighted by molar-refractivity contribution is -0.0924. The Morgan fingerprint density at radius 1 is 1.39 bits per heavy atom. The zero-order valence-electron chi connectivity index (χ0n) is 10.2. The molecule has 18 heavy (non-hydrogen) atoms. The fourth-order valence-corrected chi connectivity index (χ4v) is 2.36. The summed E-state index contributed by atoms with van der Waals surface area (Å²) >= 11 is 6.17. The molecule has 1 aromatic heterocycles. The average Bonchev–Trinajstić information content (AvgIpc) is 2.36. The molecule has 1 aliphatic heterocycles. The number of rotatable bonds is 3. The van der Waals surface area contributed by atoms with Gasteiger partial charge in [-0.15, -0.1) is 0 Å². The summed E-state index contributed by atoms with van der Waals surface area (Å²) in [6.07, 6.45) is 1.79. The number of nitrogens with one attached hydrogen (secondary N) is 1. The van der Waals surface area contributed by atoms with Crippen LogP contribution in [0.2, 0.25) is 5.02 Å². The van der Waals surface area contributed by atoms with E-state index in [0.29, 0.717) is 0 Å². The molecule has 1 fully saturated rings. The fourth-order valence-electron chi connectivity index (χ4n) is 2.14. The minimum atomic E-state index is 0.237. The molecule has 0 amide bonds. The molecule has 0 spiro atoms. The third kappa shape index (κ3) is 2.04. The largest absolute Gasteiger partial charge is 0.383 e. The number of benzene rings is 1. The van der Waals surface area contributed by atoms with Crippen LogP contribution in [0.3, 0.4) is 0 Å². The van der Waals surface area contributed by atoms with Gasteiger partial charge in [-0.1, -0.05) is 18.5 Å². The van der Waals surface area contributed by atoms with Crippen molar-refractivity contribution in [3.8, 4) is 0 Å². The Kier molecular flexibility index (Phi) is 2.88. The van der Waals surface area contributed by atoms with Gasteiger partial charge in [-0.3, -0.25) is 4.98 Å². The predicted molar refractivity (Wildman–Crippen MR) is 74.2 cm³/mol. The summed E-state index contributed by atoms with van der Waals surface area (Å²) in [5.41, 5.74) is 2.19. The quantitative estimate of drug-likeness (QED) is 0.921. The van der Waals surface area contributed by atoms with Crippen molar-refractivity contribution >= 4 is 28.2 Å². The topological polar surface area (TPSA) is 34.2 Å². The van der Waals surface area contributed by atoms with Crippen molar-refractivity contribution in [2.45, 2.75) is 6.92 Å². The lowest BCUT2D eigenvalue weighted by Crippen LogP contribution is -2.45. The van der Waals surface area contributed by atoms with Crippen molar-refractivity contribution in [3.05, 3.63) is 35.5 Å². The molecule has 1 aliphatic rings. The number of hydrogen-bond donors (Lipinski definition) is 1. The van der Waals surface area contributed by atoms with Crippen molar-refractivity contribution in [3.63, 3.8) is 0 Å². The SMILES string of the molecule is CC1(CNc2ccc(Cl)c3cccnc23)COC1. The number of pyridine rings is 1. The van der Waals surface area contributed by atoms with Gasteiger partial charge in [0.05, 0.1) is 29.4 Å². The number of hydrogen-bond acceptors (Lipinski definition) is 3. The molecule has 1 N–H and O–H groups in total. The van der Waals surface area contributed by atoms with Crippen LogP contribution in [0.4, 0.5) is 5.69 Å². The van der Waals surface area contributed by atoms with Crippen molar-refractivity contribution in [2.24, 2.45) is 5.41 Å². The van der Waals surface area contributed by atoms with Crippen LogP contribution in [0.25, 0.3) is 10.9 Å². The van der Waals surface area contributed by atoms with Gasteiger partial charge in [0.15, 0.2) is 0 Å². The average molecular weight is 263 g/mol. The van der Waals surface area contributed by atoms with E-state index in [1.165, 1.54) is 0 Å². The van der Waals surface area contributed by atoms with E-state index in [1.54, 1.807) is 6.20 Å². The highest BCUT2D eigenvalue weighted by Gasteiger charge is 2.33. The van der Waals surface area contributed by atoms with Gasteiger partial charge < -0.3 is 10.1 Å². The van der Waals surface area contributed by atoms with Crippen LogP contribution in [0.1, 0.15) is 6.92 Å². The lowest BCUT2D eigenvalue weighted by atomic mass is 9.88. The summed E-state index contributed by atoms with van der Waals surface area (Å²) in [6, 6.07) is 7.79. The highest BCUT2D eigenvalue weighted by atomic mass is 35.5. The highest BCUT2D eigenvalue weighted by molar-refractivity contribution is 6.35. The van der Waals surface area contributed by atoms with Crippen LogP contribution >= 0.6 is 11.6 Å². The molecule has 3 rings (SSSR count). The predicted octanol–water partition coefficient (Wildman–Crippen LogP) is 3.34. The third-order valence-electron chi connectivity index (χ3n) is 3.32. The van der Waals surface area contributed by atoms with Gasteiger partial charge in [0.25, 0.3) is 0 Å². The molecule has 0 bridgehead atoms. The van der Waals surface area contributed by atoms with Gasteiger partial charge in [-0.25, -0.2) is 0 Å². The van der Waals surface area contributed by atoms with E-state index in [0.717, 1.165) is 41.4 Å². The van der Waals surface area contributed by atoms with Crippen LogP contribution in [0, 0.1) is 5.41 Å². The van der Waals surface area contributed by atoms with Gasteiger partial charge in [0, 0.05) is 23.5 Å². The summed E-state index contributed by atoms with van der Waals surface area (Å²) in [4.78, 5) is 4.41. The van der Waals surface area contributed by atoms with E-state index < -0.39 is 0 Å². The van der Waals surface area contributed by atoms with E-state index in [2.05, 4.69) is 17.2 Å². The smallest absolute Gasteiger partial charge is 0.0948 e. The zero-order chi connectivity index (χ0) is 12.6. The summed E-state index contributed by atoms with van der Waals surface area (Å²) in [5.74, 6) is 0. The molecule has 94 valence electrons. The maximum atomic E-state index is 6.17. The molecule has 1 aromatic carbocycles. The zero-order valence-corrected chi connectivity index (χ0v) is 11.0. The molecule has 1 saturated heterocycles. The van der Waals surface area contributed by atoms with Gasteiger partial charge in [0.2, 0.25) is 0 Å². The van der Waals surface area contributed by atoms with Crippen LogP contribution < -0.4 is 5.32 Å². The maximum absolute atomic E-state index is 6.17. The third-order valence-corrected chi connectivity index (χ3v) is 3.65. The normalized spacial score (nSPS) is 17.4. The van der Waals surface area contributed by atoms with Crippen LogP contribution in [-0.2, 0) is 4.74 Å². The summed E-state index contributed by atoms with van der Waals surface area (Å²) in [7, 11) is 0. The van der Waals surface area contributed by atoms with Crippen LogP contribution in [0.15, 0.2) is 30.5 Å². The molecule has 0 radical (unpaired) electrons. The Hall–Kier alpha value is -1.32. The first-order chi connectivity index (χ1) is 8.68. The Morgan fingerprint density at radius 3 is 2.94 bits per heavy atom. The highest BCUT2D eigenvalue weighted by Crippen LogP contribution is 2.31. The van der Waals surface area contributed by atoms with Crippen LogP contribution in [-0.4, -0.2) is 24.7 Å². The monoisotopic (exact) mass is 262 g/mol. The van der Waals surface area contributed by atoms with Crippen molar-refractivity contribution in [1.82, 2.24) is 4.98 Å². The molecule has 0 unspecified atom stereocenters. The lowest BCUT2D eigenvalue weighted by Gasteiger charge is -2.38. The van der Waals surface area contributed by atoms with E-state index in [-0.39, 0.29) is 5.41 Å². The number of aromatic nitrogens is 1. The van der Waals surface area contributed by atoms with Crippen molar-refractivity contribution < 1.29 is 4.74 Å². The van der Waals surface area contributed by atoms with Crippen LogP contribution in [0.5, 0.6) is 0 Å².